The van der Waals surface area contributed by atoms with Crippen molar-refractivity contribution in [1.29, 1.82) is 0 Å². The van der Waals surface area contributed by atoms with Gasteiger partial charge in [-0.3, -0.25) is 0 Å². The smallest absolute Gasteiger partial charge is 0.143 e. The van der Waals surface area contributed by atoms with Crippen LogP contribution in [0, 0.1) is 11.6 Å². The summed E-state index contributed by atoms with van der Waals surface area (Å²) >= 11 is 2.99. The van der Waals surface area contributed by atoms with Gasteiger partial charge in [-0.1, -0.05) is 0 Å². The standard InChI is InChI=1S/C11H14BrF2NO/c1-11(16,6-15-2)5-7-9(13)4-3-8(12)10(7)14/h3-4,15-16H,5-6H2,1-2H3. The Bertz CT molecular complexity index is 382. The third kappa shape index (κ3) is 3.23. The van der Waals surface area contributed by atoms with Crippen LogP contribution in [0.2, 0.25) is 0 Å². The van der Waals surface area contributed by atoms with Gasteiger partial charge in [-0.25, -0.2) is 8.78 Å². The predicted octanol–water partition coefficient (Wildman–Crippen LogP) is 2.24. The molecule has 0 saturated carbocycles. The molecule has 0 aliphatic heterocycles. The Kier molecular flexibility index (Phi) is 4.41. The van der Waals surface area contributed by atoms with E-state index in [1.54, 1.807) is 7.05 Å². The van der Waals surface area contributed by atoms with Crippen molar-refractivity contribution < 1.29 is 13.9 Å². The number of hydrogen-bond donors (Lipinski definition) is 2. The molecule has 0 amide bonds. The van der Waals surface area contributed by atoms with Crippen LogP contribution in [0.1, 0.15) is 12.5 Å². The Morgan fingerprint density at radius 2 is 2.06 bits per heavy atom. The third-order valence-electron chi connectivity index (χ3n) is 2.25. The van der Waals surface area contributed by atoms with Gasteiger partial charge >= 0.3 is 0 Å². The van der Waals surface area contributed by atoms with E-state index in [0.29, 0.717) is 0 Å². The van der Waals surface area contributed by atoms with E-state index in [1.807, 2.05) is 0 Å². The first-order valence-electron chi connectivity index (χ1n) is 4.87. The fourth-order valence-corrected chi connectivity index (χ4v) is 1.93. The maximum Gasteiger partial charge on any atom is 0.143 e. The maximum atomic E-state index is 13.6. The van der Waals surface area contributed by atoms with Gasteiger partial charge in [-0.05, 0) is 42.0 Å². The lowest BCUT2D eigenvalue weighted by molar-refractivity contribution is 0.0603. The molecule has 0 spiro atoms. The van der Waals surface area contributed by atoms with Gasteiger partial charge in [0.05, 0.1) is 10.1 Å². The lowest BCUT2D eigenvalue weighted by Gasteiger charge is -2.23. The average molecular weight is 294 g/mol. The summed E-state index contributed by atoms with van der Waals surface area (Å²) in [7, 11) is 1.67. The summed E-state index contributed by atoms with van der Waals surface area (Å²) < 4.78 is 27.2. The third-order valence-corrected chi connectivity index (χ3v) is 2.87. The molecule has 90 valence electrons. The summed E-state index contributed by atoms with van der Waals surface area (Å²) in [4.78, 5) is 0. The monoisotopic (exact) mass is 293 g/mol. The first-order chi connectivity index (χ1) is 7.37. The number of hydrogen-bond acceptors (Lipinski definition) is 2. The summed E-state index contributed by atoms with van der Waals surface area (Å²) in [6.45, 7) is 1.79. The Balaban J connectivity index is 3.01. The number of rotatable bonds is 4. The molecule has 2 nitrogen and oxygen atoms in total. The SMILES string of the molecule is CNCC(C)(O)Cc1c(F)ccc(Br)c1F. The number of benzene rings is 1. The summed E-state index contributed by atoms with van der Waals surface area (Å²) in [5.74, 6) is -1.30. The quantitative estimate of drug-likeness (QED) is 0.835. The van der Waals surface area contributed by atoms with Crippen LogP contribution in [0.25, 0.3) is 0 Å². The van der Waals surface area contributed by atoms with Crippen LogP contribution in [0.3, 0.4) is 0 Å². The largest absolute Gasteiger partial charge is 0.389 e. The molecule has 1 unspecified atom stereocenters. The molecule has 0 saturated heterocycles. The first kappa shape index (κ1) is 13.5. The van der Waals surface area contributed by atoms with E-state index in [9.17, 15) is 13.9 Å². The predicted molar refractivity (Wildman–Crippen MR) is 62.3 cm³/mol. The molecule has 0 aliphatic rings. The van der Waals surface area contributed by atoms with Crippen molar-refractivity contribution in [3.8, 4) is 0 Å². The molecular weight excluding hydrogens is 280 g/mol. The fourth-order valence-electron chi connectivity index (χ4n) is 1.56. The van der Waals surface area contributed by atoms with Gasteiger partial charge in [0.25, 0.3) is 0 Å². The van der Waals surface area contributed by atoms with Gasteiger partial charge in [0, 0.05) is 18.5 Å². The highest BCUT2D eigenvalue weighted by Crippen LogP contribution is 2.24. The molecule has 1 aromatic rings. The molecular formula is C11H14BrF2NO. The maximum absolute atomic E-state index is 13.6. The summed E-state index contributed by atoms with van der Waals surface area (Å²) in [5, 5.41) is 12.7. The van der Waals surface area contributed by atoms with E-state index in [2.05, 4.69) is 21.2 Å². The molecule has 2 N–H and O–H groups in total. The molecule has 1 aromatic carbocycles. The van der Waals surface area contributed by atoms with Crippen molar-refractivity contribution in [2.45, 2.75) is 18.9 Å². The van der Waals surface area contributed by atoms with Gasteiger partial charge in [-0.2, -0.15) is 0 Å². The van der Waals surface area contributed by atoms with Crippen LogP contribution in [0.4, 0.5) is 8.78 Å². The number of likely N-dealkylation sites (N-methyl/N-ethyl adjacent to an activating group) is 1. The Morgan fingerprint density at radius 3 is 2.62 bits per heavy atom. The Labute approximate surface area is 102 Å². The zero-order valence-corrected chi connectivity index (χ0v) is 10.7. The molecule has 0 heterocycles. The normalized spacial score (nSPS) is 14.9. The summed E-state index contributed by atoms with van der Waals surface area (Å²) in [6, 6.07) is 2.49. The van der Waals surface area contributed by atoms with Crippen molar-refractivity contribution in [2.24, 2.45) is 0 Å². The topological polar surface area (TPSA) is 32.3 Å². The molecule has 0 bridgehead atoms. The van der Waals surface area contributed by atoms with E-state index >= 15 is 0 Å². The van der Waals surface area contributed by atoms with E-state index in [0.717, 1.165) is 0 Å². The Hall–Kier alpha value is -0.520. The van der Waals surface area contributed by atoms with Crippen molar-refractivity contribution >= 4 is 15.9 Å². The number of halogens is 3. The molecule has 0 fully saturated rings. The minimum atomic E-state index is -1.18. The lowest BCUT2D eigenvalue weighted by Crippen LogP contribution is -2.38. The van der Waals surface area contributed by atoms with Gasteiger partial charge in [0.15, 0.2) is 0 Å². The van der Waals surface area contributed by atoms with Crippen molar-refractivity contribution in [1.82, 2.24) is 5.32 Å². The zero-order chi connectivity index (χ0) is 12.3. The molecule has 16 heavy (non-hydrogen) atoms. The second-order valence-electron chi connectivity index (χ2n) is 4.03. The molecule has 0 aliphatic carbocycles. The molecule has 0 radical (unpaired) electrons. The molecule has 1 rings (SSSR count). The highest BCUT2D eigenvalue weighted by molar-refractivity contribution is 9.10. The lowest BCUT2D eigenvalue weighted by atomic mass is 9.96. The van der Waals surface area contributed by atoms with Crippen molar-refractivity contribution in [3.63, 3.8) is 0 Å². The van der Waals surface area contributed by atoms with Crippen LogP contribution in [-0.4, -0.2) is 24.3 Å². The van der Waals surface area contributed by atoms with Crippen LogP contribution in [0.15, 0.2) is 16.6 Å². The molecule has 0 aromatic heterocycles. The first-order valence-corrected chi connectivity index (χ1v) is 5.66. The molecule has 1 atom stereocenters. The second kappa shape index (κ2) is 5.21. The van der Waals surface area contributed by atoms with Crippen LogP contribution in [-0.2, 0) is 6.42 Å². The minimum absolute atomic E-state index is 0.0784. The van der Waals surface area contributed by atoms with E-state index < -0.39 is 17.2 Å². The number of aliphatic hydroxyl groups is 1. The summed E-state index contributed by atoms with van der Waals surface area (Å²) in [5.41, 5.74) is -1.29. The number of nitrogens with one attached hydrogen (secondary N) is 1. The zero-order valence-electron chi connectivity index (χ0n) is 9.15. The van der Waals surface area contributed by atoms with Gasteiger partial charge in [0.1, 0.15) is 11.6 Å². The van der Waals surface area contributed by atoms with Gasteiger partial charge < -0.3 is 10.4 Å². The summed E-state index contributed by atoms with van der Waals surface area (Å²) in [6.07, 6.45) is -0.0784. The molecule has 5 heteroatoms. The van der Waals surface area contributed by atoms with E-state index in [-0.39, 0.29) is 23.0 Å². The van der Waals surface area contributed by atoms with Crippen LogP contribution in [0.5, 0.6) is 0 Å². The average Bonchev–Trinajstić information content (AvgIpc) is 2.19. The highest BCUT2D eigenvalue weighted by atomic mass is 79.9. The van der Waals surface area contributed by atoms with Gasteiger partial charge in [-0.15, -0.1) is 0 Å². The second-order valence-corrected chi connectivity index (χ2v) is 4.88. The van der Waals surface area contributed by atoms with Crippen LogP contribution < -0.4 is 5.32 Å². The van der Waals surface area contributed by atoms with E-state index in [4.69, 9.17) is 0 Å². The van der Waals surface area contributed by atoms with Crippen molar-refractivity contribution in [2.75, 3.05) is 13.6 Å². The van der Waals surface area contributed by atoms with E-state index in [1.165, 1.54) is 19.1 Å². The minimum Gasteiger partial charge on any atom is -0.389 e. The van der Waals surface area contributed by atoms with Crippen molar-refractivity contribution in [3.05, 3.63) is 33.8 Å². The Morgan fingerprint density at radius 1 is 1.44 bits per heavy atom. The van der Waals surface area contributed by atoms with Gasteiger partial charge in [0.2, 0.25) is 0 Å². The fraction of sp³-hybridized carbons (Fsp3) is 0.455. The van der Waals surface area contributed by atoms with Crippen LogP contribution >= 0.6 is 15.9 Å². The highest BCUT2D eigenvalue weighted by Gasteiger charge is 2.24.